The predicted molar refractivity (Wildman–Crippen MR) is 126 cm³/mol. The quantitative estimate of drug-likeness (QED) is 0.163. The summed E-state index contributed by atoms with van der Waals surface area (Å²) in [7, 11) is 1.25. The molecule has 2 atom stereocenters. The number of nitrogens with one attached hydrogen (secondary N) is 1. The number of hydrogen-bond donors (Lipinski definition) is 2. The Hall–Kier alpha value is -4.53. The Morgan fingerprint density at radius 1 is 1.33 bits per heavy atom. The first-order valence-corrected chi connectivity index (χ1v) is 11.4. The van der Waals surface area contributed by atoms with Crippen LogP contribution < -0.4 is 11.1 Å². The SMILES string of the molecule is CON=C(C(=O)NC1C(=O)N2C=C(C(=O)OCc3ccc([N+](=O)[O-])cc3)CS[C@H]12)c1nccc(N)n1. The molecule has 14 nitrogen and oxygen atoms in total. The summed E-state index contributed by atoms with van der Waals surface area (Å²) in [6, 6.07) is 6.20. The van der Waals surface area contributed by atoms with Gasteiger partial charge in [0.2, 0.25) is 5.71 Å². The van der Waals surface area contributed by atoms with E-state index in [2.05, 4.69) is 20.4 Å². The van der Waals surface area contributed by atoms with Gasteiger partial charge in [-0.15, -0.1) is 11.8 Å². The number of nitrogens with zero attached hydrogens (tertiary/aromatic N) is 5. The number of thioether (sulfide) groups is 1. The van der Waals surface area contributed by atoms with Crippen LogP contribution in [0, 0.1) is 10.1 Å². The third-order valence-electron chi connectivity index (χ3n) is 5.14. The van der Waals surface area contributed by atoms with Gasteiger partial charge in [0.05, 0.1) is 10.5 Å². The van der Waals surface area contributed by atoms with E-state index >= 15 is 0 Å². The van der Waals surface area contributed by atoms with E-state index in [1.54, 1.807) is 0 Å². The van der Waals surface area contributed by atoms with E-state index in [0.29, 0.717) is 5.56 Å². The molecule has 2 aliphatic rings. The highest BCUT2D eigenvalue weighted by Gasteiger charge is 2.50. The second-order valence-corrected chi connectivity index (χ2v) is 8.58. The Morgan fingerprint density at radius 2 is 2.08 bits per heavy atom. The van der Waals surface area contributed by atoms with Gasteiger partial charge in [0.25, 0.3) is 17.5 Å². The Labute approximate surface area is 207 Å². The van der Waals surface area contributed by atoms with Crippen LogP contribution in [0.3, 0.4) is 0 Å². The van der Waals surface area contributed by atoms with Crippen LogP contribution in [0.15, 0.2) is 53.5 Å². The van der Waals surface area contributed by atoms with Crippen molar-refractivity contribution in [2.24, 2.45) is 5.16 Å². The molecule has 36 heavy (non-hydrogen) atoms. The molecule has 2 aliphatic heterocycles. The number of carbonyl (C=O) groups is 3. The molecule has 1 unspecified atom stereocenters. The van der Waals surface area contributed by atoms with Crippen LogP contribution in [0.4, 0.5) is 11.5 Å². The molecule has 186 valence electrons. The van der Waals surface area contributed by atoms with Gasteiger partial charge in [-0.3, -0.25) is 19.7 Å². The van der Waals surface area contributed by atoms with Crippen molar-refractivity contribution in [2.75, 3.05) is 18.6 Å². The van der Waals surface area contributed by atoms with E-state index in [1.165, 1.54) is 66.5 Å². The first-order valence-electron chi connectivity index (χ1n) is 10.3. The van der Waals surface area contributed by atoms with Gasteiger partial charge in [0, 0.05) is 30.3 Å². The van der Waals surface area contributed by atoms with Gasteiger partial charge in [0.1, 0.15) is 31.0 Å². The third kappa shape index (κ3) is 5.10. The molecule has 0 bridgehead atoms. The molecule has 1 aromatic heterocycles. The van der Waals surface area contributed by atoms with E-state index < -0.39 is 34.1 Å². The van der Waals surface area contributed by atoms with Crippen LogP contribution in [0.25, 0.3) is 0 Å². The predicted octanol–water partition coefficient (Wildman–Crippen LogP) is 0.345. The van der Waals surface area contributed by atoms with Gasteiger partial charge in [-0.05, 0) is 23.8 Å². The summed E-state index contributed by atoms with van der Waals surface area (Å²) in [5, 5.41) is 16.5. The smallest absolute Gasteiger partial charge is 0.336 e. The topological polar surface area (TPSA) is 192 Å². The molecule has 3 heterocycles. The zero-order valence-electron chi connectivity index (χ0n) is 18.7. The number of amides is 2. The summed E-state index contributed by atoms with van der Waals surface area (Å²) in [5.74, 6) is -1.45. The molecule has 15 heteroatoms. The van der Waals surface area contributed by atoms with Gasteiger partial charge in [-0.2, -0.15) is 0 Å². The standard InChI is InChI=1S/C21H19N7O7S/c1-34-26-15(17-23-7-6-14(22)24-17)18(29)25-16-19(30)27-8-12(10-36-20(16)27)21(31)35-9-11-2-4-13(5-3-11)28(32)33/h2-8,16,20H,9-10H2,1H3,(H,25,29)(H2,22,23,24)/t16?,20-/m1/s1. The number of nitro benzene ring substituents is 1. The fourth-order valence-corrected chi connectivity index (χ4v) is 4.60. The molecule has 3 N–H and O–H groups in total. The highest BCUT2D eigenvalue weighted by Crippen LogP contribution is 2.36. The molecular weight excluding hydrogens is 494 g/mol. The van der Waals surface area contributed by atoms with Crippen LogP contribution in [0.2, 0.25) is 0 Å². The number of oxime groups is 1. The minimum Gasteiger partial charge on any atom is -0.457 e. The lowest BCUT2D eigenvalue weighted by Gasteiger charge is -2.47. The normalized spacial score (nSPS) is 18.9. The maximum atomic E-state index is 12.8. The molecule has 2 aromatic rings. The number of non-ortho nitro benzene ring substituents is 1. The highest BCUT2D eigenvalue weighted by atomic mass is 32.2. The molecular formula is C21H19N7O7S. The van der Waals surface area contributed by atoms with Crippen molar-refractivity contribution in [2.45, 2.75) is 18.0 Å². The Bertz CT molecular complexity index is 1280. The van der Waals surface area contributed by atoms with Crippen molar-refractivity contribution in [3.8, 4) is 0 Å². The van der Waals surface area contributed by atoms with Crippen LogP contribution >= 0.6 is 11.8 Å². The number of nitrogen functional groups attached to an aromatic ring is 1. The maximum Gasteiger partial charge on any atom is 0.336 e. The van der Waals surface area contributed by atoms with Crippen LogP contribution in [0.5, 0.6) is 0 Å². The second-order valence-electron chi connectivity index (χ2n) is 7.48. The molecule has 0 radical (unpaired) electrons. The lowest BCUT2D eigenvalue weighted by molar-refractivity contribution is -0.384. The number of carbonyl (C=O) groups excluding carboxylic acids is 3. The molecule has 0 spiro atoms. The number of anilines is 1. The summed E-state index contributed by atoms with van der Waals surface area (Å²) < 4.78 is 5.27. The number of fused-ring (bicyclic) bond motifs is 1. The van der Waals surface area contributed by atoms with Crippen LogP contribution in [-0.4, -0.2) is 67.6 Å². The fraction of sp³-hybridized carbons (Fsp3) is 0.238. The summed E-state index contributed by atoms with van der Waals surface area (Å²) >= 11 is 1.28. The molecule has 0 aliphatic carbocycles. The van der Waals surface area contributed by atoms with Crippen LogP contribution in [0.1, 0.15) is 11.4 Å². The summed E-state index contributed by atoms with van der Waals surface area (Å²) in [4.78, 5) is 62.1. The zero-order valence-corrected chi connectivity index (χ0v) is 19.5. The number of nitrogens with two attached hydrogens (primary N) is 1. The number of β-lactam (4-membered cyclic amide) rings is 1. The van der Waals surface area contributed by atoms with Crippen molar-refractivity contribution in [3.05, 3.63) is 69.8 Å². The Morgan fingerprint density at radius 3 is 2.75 bits per heavy atom. The van der Waals surface area contributed by atoms with Crippen molar-refractivity contribution < 1.29 is 28.9 Å². The summed E-state index contributed by atoms with van der Waals surface area (Å²) in [6.07, 6.45) is 2.76. The number of ether oxygens (including phenoxy) is 1. The molecule has 1 saturated heterocycles. The van der Waals surface area contributed by atoms with E-state index in [-0.39, 0.29) is 41.0 Å². The zero-order chi connectivity index (χ0) is 25.8. The minimum absolute atomic E-state index is 0.0628. The third-order valence-corrected chi connectivity index (χ3v) is 6.46. The highest BCUT2D eigenvalue weighted by molar-refractivity contribution is 8.00. The van der Waals surface area contributed by atoms with E-state index in [1.807, 2.05) is 0 Å². The first kappa shape index (κ1) is 24.6. The van der Waals surface area contributed by atoms with Gasteiger partial charge in [-0.25, -0.2) is 14.8 Å². The lowest BCUT2D eigenvalue weighted by Crippen LogP contribution is -2.69. The van der Waals surface area contributed by atoms with Gasteiger partial charge >= 0.3 is 5.97 Å². The number of esters is 1. The molecule has 1 aromatic carbocycles. The Balaban J connectivity index is 1.36. The molecule has 4 rings (SSSR count). The van der Waals surface area contributed by atoms with Gasteiger partial charge in [-0.1, -0.05) is 5.16 Å². The van der Waals surface area contributed by atoms with Crippen molar-refractivity contribution in [1.82, 2.24) is 20.2 Å². The lowest BCUT2D eigenvalue weighted by atomic mass is 10.1. The second kappa shape index (κ2) is 10.4. The number of hydrogen-bond acceptors (Lipinski definition) is 12. The maximum absolute atomic E-state index is 12.8. The van der Waals surface area contributed by atoms with Crippen molar-refractivity contribution in [1.29, 1.82) is 0 Å². The Kier molecular flexibility index (Phi) is 7.10. The minimum atomic E-state index is -0.862. The van der Waals surface area contributed by atoms with E-state index in [9.17, 15) is 24.5 Å². The first-order chi connectivity index (χ1) is 17.3. The summed E-state index contributed by atoms with van der Waals surface area (Å²) in [5.41, 5.74) is 6.17. The number of nitro groups is 1. The average Bonchev–Trinajstić information content (AvgIpc) is 2.88. The van der Waals surface area contributed by atoms with E-state index in [4.69, 9.17) is 15.3 Å². The van der Waals surface area contributed by atoms with Crippen molar-refractivity contribution in [3.63, 3.8) is 0 Å². The fourth-order valence-electron chi connectivity index (χ4n) is 3.35. The van der Waals surface area contributed by atoms with Gasteiger partial charge in [0.15, 0.2) is 5.82 Å². The molecule has 1 fully saturated rings. The largest absolute Gasteiger partial charge is 0.457 e. The molecule has 2 amide bonds. The van der Waals surface area contributed by atoms with E-state index in [0.717, 1.165) is 0 Å². The number of benzene rings is 1. The monoisotopic (exact) mass is 513 g/mol. The number of aromatic nitrogens is 2. The van der Waals surface area contributed by atoms with Gasteiger partial charge < -0.3 is 25.5 Å². The van der Waals surface area contributed by atoms with Crippen molar-refractivity contribution >= 4 is 46.8 Å². The average molecular weight is 513 g/mol. The van der Waals surface area contributed by atoms with Crippen LogP contribution in [-0.2, 0) is 30.6 Å². The number of rotatable bonds is 8. The molecule has 0 saturated carbocycles. The summed E-state index contributed by atoms with van der Waals surface area (Å²) in [6.45, 7) is -0.0808.